The predicted octanol–water partition coefficient (Wildman–Crippen LogP) is 6.51. The molecule has 1 aliphatic carbocycles. The standard InChI is InChI=1S/C21H22F3O/c1-14-3-6-16(7-4-14)17-8-10-18(11-9-17)21(23,24)25-19-12-5-15(2)20(22)13-19/h5,8-13,16H,3-4,6-7H2,1-2H3. The molecule has 0 spiro atoms. The fourth-order valence-corrected chi connectivity index (χ4v) is 3.24. The van der Waals surface area contributed by atoms with E-state index in [1.165, 1.54) is 30.2 Å². The molecule has 1 aliphatic rings. The van der Waals surface area contributed by atoms with Gasteiger partial charge in [-0.3, -0.25) is 0 Å². The average Bonchev–Trinajstić information content (AvgIpc) is 2.59. The van der Waals surface area contributed by atoms with Crippen LogP contribution in [-0.4, -0.2) is 0 Å². The minimum atomic E-state index is -3.50. The second-order valence-electron chi connectivity index (χ2n) is 6.88. The van der Waals surface area contributed by atoms with Gasteiger partial charge >= 0.3 is 6.11 Å². The molecule has 2 aromatic rings. The summed E-state index contributed by atoms with van der Waals surface area (Å²) in [6.07, 6.45) is 0.841. The molecule has 0 bridgehead atoms. The van der Waals surface area contributed by atoms with Crippen LogP contribution in [0.2, 0.25) is 0 Å². The van der Waals surface area contributed by atoms with Crippen molar-refractivity contribution in [2.75, 3.05) is 0 Å². The highest BCUT2D eigenvalue weighted by Crippen LogP contribution is 2.38. The zero-order valence-electron chi connectivity index (χ0n) is 14.5. The number of rotatable bonds is 4. The number of benzene rings is 2. The third kappa shape index (κ3) is 4.17. The van der Waals surface area contributed by atoms with E-state index in [0.29, 0.717) is 11.5 Å². The van der Waals surface area contributed by atoms with Crippen molar-refractivity contribution in [3.05, 3.63) is 70.9 Å². The van der Waals surface area contributed by atoms with E-state index >= 15 is 0 Å². The molecular weight excluding hydrogens is 325 g/mol. The van der Waals surface area contributed by atoms with Gasteiger partial charge in [0.25, 0.3) is 0 Å². The quantitative estimate of drug-likeness (QED) is 0.612. The summed E-state index contributed by atoms with van der Waals surface area (Å²) >= 11 is 0. The molecular formula is C21H22F3O. The van der Waals surface area contributed by atoms with Gasteiger partial charge in [-0.1, -0.05) is 25.1 Å². The Hall–Kier alpha value is -1.97. The van der Waals surface area contributed by atoms with E-state index in [1.807, 2.05) is 0 Å². The Balaban J connectivity index is 1.72. The Bertz CT molecular complexity index is 716. The summed E-state index contributed by atoms with van der Waals surface area (Å²) in [5.74, 6) is 1.19. The summed E-state index contributed by atoms with van der Waals surface area (Å²) in [5.41, 5.74) is 1.25. The van der Waals surface area contributed by atoms with Crippen LogP contribution in [-0.2, 0) is 6.11 Å². The maximum absolute atomic E-state index is 14.4. The Labute approximate surface area is 146 Å². The topological polar surface area (TPSA) is 9.23 Å². The number of alkyl halides is 2. The van der Waals surface area contributed by atoms with Crippen molar-refractivity contribution in [1.29, 1.82) is 0 Å². The average molecular weight is 347 g/mol. The van der Waals surface area contributed by atoms with Crippen molar-refractivity contribution in [2.24, 2.45) is 0 Å². The van der Waals surface area contributed by atoms with Gasteiger partial charge in [-0.2, -0.15) is 8.78 Å². The van der Waals surface area contributed by atoms with E-state index in [1.54, 1.807) is 19.1 Å². The van der Waals surface area contributed by atoms with Crippen molar-refractivity contribution in [1.82, 2.24) is 0 Å². The molecule has 0 amide bonds. The van der Waals surface area contributed by atoms with Gasteiger partial charge in [-0.25, -0.2) is 4.39 Å². The monoisotopic (exact) mass is 347 g/mol. The first-order chi connectivity index (χ1) is 11.8. The SMILES string of the molecule is C[C]1CCC(c2ccc(C(F)(F)Oc3ccc(C)c(F)c3)cc2)CC1. The highest BCUT2D eigenvalue weighted by Gasteiger charge is 2.35. The molecule has 1 nitrogen and oxygen atoms in total. The van der Waals surface area contributed by atoms with Gasteiger partial charge in [0.05, 0.1) is 5.56 Å². The molecule has 0 saturated heterocycles. The molecule has 0 N–H and O–H groups in total. The summed E-state index contributed by atoms with van der Waals surface area (Å²) in [7, 11) is 0. The molecule has 0 aliphatic heterocycles. The van der Waals surface area contributed by atoms with Crippen molar-refractivity contribution in [3.63, 3.8) is 0 Å². The Morgan fingerprint density at radius 3 is 2.20 bits per heavy atom. The van der Waals surface area contributed by atoms with Gasteiger partial charge in [0, 0.05) is 6.07 Å². The number of hydrogen-bond acceptors (Lipinski definition) is 1. The lowest BCUT2D eigenvalue weighted by Crippen LogP contribution is -2.22. The molecule has 2 aromatic carbocycles. The Morgan fingerprint density at radius 2 is 1.60 bits per heavy atom. The van der Waals surface area contributed by atoms with E-state index in [-0.39, 0.29) is 11.3 Å². The van der Waals surface area contributed by atoms with E-state index in [9.17, 15) is 13.2 Å². The number of aryl methyl sites for hydroxylation is 1. The van der Waals surface area contributed by atoms with Gasteiger partial charge in [0.2, 0.25) is 0 Å². The fraction of sp³-hybridized carbons (Fsp3) is 0.381. The predicted molar refractivity (Wildman–Crippen MR) is 92.2 cm³/mol. The molecule has 0 heterocycles. The van der Waals surface area contributed by atoms with Crippen LogP contribution >= 0.6 is 0 Å². The van der Waals surface area contributed by atoms with Crippen molar-refractivity contribution < 1.29 is 17.9 Å². The summed E-state index contributed by atoms with van der Waals surface area (Å²) in [5, 5.41) is 0. The maximum atomic E-state index is 14.4. The second kappa shape index (κ2) is 7.11. The van der Waals surface area contributed by atoms with Crippen LogP contribution in [0.4, 0.5) is 13.2 Å². The molecule has 1 saturated carbocycles. The van der Waals surface area contributed by atoms with Crippen LogP contribution in [0.1, 0.15) is 55.2 Å². The van der Waals surface area contributed by atoms with Crippen LogP contribution in [0.5, 0.6) is 5.75 Å². The van der Waals surface area contributed by atoms with Gasteiger partial charge in [-0.15, -0.1) is 0 Å². The minimum Gasteiger partial charge on any atom is -0.429 e. The molecule has 133 valence electrons. The first-order valence-corrected chi connectivity index (χ1v) is 8.60. The molecule has 0 aromatic heterocycles. The zero-order chi connectivity index (χ0) is 18.0. The van der Waals surface area contributed by atoms with Crippen LogP contribution in [0.15, 0.2) is 42.5 Å². The fourth-order valence-electron chi connectivity index (χ4n) is 3.24. The van der Waals surface area contributed by atoms with E-state index in [0.717, 1.165) is 37.3 Å². The summed E-state index contributed by atoms with van der Waals surface area (Å²) in [4.78, 5) is 0. The molecule has 25 heavy (non-hydrogen) atoms. The van der Waals surface area contributed by atoms with Crippen molar-refractivity contribution in [2.45, 2.75) is 51.6 Å². The Kier molecular flexibility index (Phi) is 5.07. The van der Waals surface area contributed by atoms with Crippen molar-refractivity contribution in [3.8, 4) is 5.75 Å². The van der Waals surface area contributed by atoms with Crippen LogP contribution in [0, 0.1) is 18.7 Å². The number of halogens is 3. The maximum Gasteiger partial charge on any atom is 0.426 e. The Morgan fingerprint density at radius 1 is 0.960 bits per heavy atom. The van der Waals surface area contributed by atoms with Crippen LogP contribution in [0.25, 0.3) is 0 Å². The molecule has 1 fully saturated rings. The first kappa shape index (κ1) is 17.8. The van der Waals surface area contributed by atoms with Gasteiger partial charge in [-0.05, 0) is 73.8 Å². The van der Waals surface area contributed by atoms with Gasteiger partial charge < -0.3 is 4.74 Å². The lowest BCUT2D eigenvalue weighted by Gasteiger charge is -2.26. The highest BCUT2D eigenvalue weighted by molar-refractivity contribution is 5.31. The molecule has 4 heteroatoms. The lowest BCUT2D eigenvalue weighted by molar-refractivity contribution is -0.185. The normalized spacial score (nSPS) is 16.8. The molecule has 0 unspecified atom stereocenters. The minimum absolute atomic E-state index is 0.185. The van der Waals surface area contributed by atoms with E-state index in [4.69, 9.17) is 4.74 Å². The lowest BCUT2D eigenvalue weighted by atomic mass is 9.79. The first-order valence-electron chi connectivity index (χ1n) is 8.60. The summed E-state index contributed by atoms with van der Waals surface area (Å²) < 4.78 is 47.0. The number of ether oxygens (including phenoxy) is 1. The van der Waals surface area contributed by atoms with Crippen molar-refractivity contribution >= 4 is 0 Å². The molecule has 3 rings (SSSR count). The third-order valence-electron chi connectivity index (χ3n) is 4.95. The van der Waals surface area contributed by atoms with Crippen LogP contribution < -0.4 is 4.74 Å². The smallest absolute Gasteiger partial charge is 0.426 e. The van der Waals surface area contributed by atoms with E-state index in [2.05, 4.69) is 6.92 Å². The second-order valence-corrected chi connectivity index (χ2v) is 6.88. The molecule has 1 radical (unpaired) electrons. The summed E-state index contributed by atoms with van der Waals surface area (Å²) in [6, 6.07) is 10.1. The van der Waals surface area contributed by atoms with Gasteiger partial charge in [0.1, 0.15) is 11.6 Å². The van der Waals surface area contributed by atoms with E-state index < -0.39 is 11.9 Å². The molecule has 0 atom stereocenters. The number of hydrogen-bond donors (Lipinski definition) is 0. The van der Waals surface area contributed by atoms with Crippen LogP contribution in [0.3, 0.4) is 0 Å². The summed E-state index contributed by atoms with van der Waals surface area (Å²) in [6.45, 7) is 3.74. The van der Waals surface area contributed by atoms with Gasteiger partial charge in [0.15, 0.2) is 0 Å². The largest absolute Gasteiger partial charge is 0.429 e. The zero-order valence-corrected chi connectivity index (χ0v) is 14.5. The highest BCUT2D eigenvalue weighted by atomic mass is 19.3. The third-order valence-corrected chi connectivity index (χ3v) is 4.95.